The van der Waals surface area contributed by atoms with Crippen molar-refractivity contribution in [2.75, 3.05) is 11.4 Å². The molecule has 0 aromatic carbocycles. The number of nitrogens with zero attached hydrogens (tertiary/aromatic N) is 2. The highest BCUT2D eigenvalue weighted by molar-refractivity contribution is 6.03. The highest BCUT2D eigenvalue weighted by atomic mass is 16.6. The Morgan fingerprint density at radius 1 is 1.06 bits per heavy atom. The number of hydrogen-bond acceptors (Lipinski definition) is 6. The zero-order chi connectivity index (χ0) is 24.5. The van der Waals surface area contributed by atoms with Crippen LogP contribution in [0.3, 0.4) is 0 Å². The second-order valence-corrected chi connectivity index (χ2v) is 9.79. The van der Waals surface area contributed by atoms with E-state index < -0.39 is 23.4 Å². The fourth-order valence-electron chi connectivity index (χ4n) is 2.83. The molecule has 0 fully saturated rings. The fourth-order valence-corrected chi connectivity index (χ4v) is 2.83. The molecule has 1 N–H and O–H groups in total. The lowest BCUT2D eigenvalue weighted by atomic mass is 10.0. The van der Waals surface area contributed by atoms with E-state index in [0.717, 1.165) is 0 Å². The summed E-state index contributed by atoms with van der Waals surface area (Å²) in [5.41, 5.74) is -0.825. The van der Waals surface area contributed by atoms with Crippen LogP contribution in [0.5, 0.6) is 0 Å². The second kappa shape index (κ2) is 11.8. The number of ether oxygens (including phenoxy) is 2. The molecule has 0 saturated carbocycles. The van der Waals surface area contributed by atoms with Crippen molar-refractivity contribution >= 4 is 23.8 Å². The molecule has 0 aliphatic rings. The minimum absolute atomic E-state index is 0.109. The van der Waals surface area contributed by atoms with Gasteiger partial charge in [0, 0.05) is 25.2 Å². The van der Waals surface area contributed by atoms with E-state index in [-0.39, 0.29) is 18.2 Å². The predicted octanol–water partition coefficient (Wildman–Crippen LogP) is 5.50. The molecule has 1 aromatic rings. The third kappa shape index (κ3) is 9.66. The fraction of sp³-hybridized carbons (Fsp3) is 0.667. The number of carbonyl (C=O) groups excluding carboxylic acids is 3. The molecule has 0 spiro atoms. The van der Waals surface area contributed by atoms with E-state index in [1.165, 1.54) is 4.90 Å². The lowest BCUT2D eigenvalue weighted by molar-refractivity contribution is 0.0524. The van der Waals surface area contributed by atoms with Crippen LogP contribution in [0.1, 0.15) is 91.4 Å². The van der Waals surface area contributed by atoms with Crippen LogP contribution in [0, 0.1) is 0 Å². The van der Waals surface area contributed by atoms with E-state index in [4.69, 9.17) is 9.47 Å². The van der Waals surface area contributed by atoms with Gasteiger partial charge in [-0.2, -0.15) is 0 Å². The van der Waals surface area contributed by atoms with Gasteiger partial charge in [0.1, 0.15) is 17.0 Å². The van der Waals surface area contributed by atoms with Gasteiger partial charge in [-0.15, -0.1) is 0 Å². The van der Waals surface area contributed by atoms with E-state index in [0.29, 0.717) is 37.2 Å². The predicted molar refractivity (Wildman–Crippen MR) is 125 cm³/mol. The Bertz CT molecular complexity index is 781. The van der Waals surface area contributed by atoms with Gasteiger partial charge in [0.05, 0.1) is 5.56 Å². The van der Waals surface area contributed by atoms with Crippen LogP contribution in [-0.2, 0) is 9.47 Å². The standard InChI is InChI=1S/C24H39N3O5/c1-9-17(2)27(22(30)32-24(6,7)8)20-18(13-12-16-25-20)19(28)14-10-11-15-26-21(29)31-23(3,4)5/h12-13,16-17H,9-11,14-15H2,1-8H3,(H,26,29)/t17-/m0/s1. The molecular weight excluding hydrogens is 410 g/mol. The summed E-state index contributed by atoms with van der Waals surface area (Å²) >= 11 is 0. The Hall–Kier alpha value is -2.64. The zero-order valence-corrected chi connectivity index (χ0v) is 20.8. The summed E-state index contributed by atoms with van der Waals surface area (Å²) in [6.07, 6.45) is 2.73. The molecule has 0 unspecified atom stereocenters. The van der Waals surface area contributed by atoms with Crippen molar-refractivity contribution in [3.8, 4) is 0 Å². The number of hydrogen-bond donors (Lipinski definition) is 1. The molecule has 0 saturated heterocycles. The number of carbonyl (C=O) groups is 3. The van der Waals surface area contributed by atoms with Crippen LogP contribution in [0.2, 0.25) is 0 Å². The van der Waals surface area contributed by atoms with Gasteiger partial charge in [-0.1, -0.05) is 6.92 Å². The van der Waals surface area contributed by atoms with Crippen LogP contribution < -0.4 is 10.2 Å². The van der Waals surface area contributed by atoms with Gasteiger partial charge in [0.2, 0.25) is 0 Å². The SMILES string of the molecule is CC[C@H](C)N(C(=O)OC(C)(C)C)c1ncccc1C(=O)CCCCNC(=O)OC(C)(C)C. The number of anilines is 1. The normalized spacial score (nSPS) is 12.6. The van der Waals surface area contributed by atoms with Crippen molar-refractivity contribution < 1.29 is 23.9 Å². The number of rotatable bonds is 9. The van der Waals surface area contributed by atoms with Gasteiger partial charge in [-0.25, -0.2) is 14.6 Å². The Morgan fingerprint density at radius 2 is 1.69 bits per heavy atom. The summed E-state index contributed by atoms with van der Waals surface area (Å²) < 4.78 is 10.8. The molecule has 0 aliphatic heterocycles. The van der Waals surface area contributed by atoms with Gasteiger partial charge in [0.25, 0.3) is 0 Å². The van der Waals surface area contributed by atoms with Crippen molar-refractivity contribution in [3.63, 3.8) is 0 Å². The number of pyridine rings is 1. The van der Waals surface area contributed by atoms with Crippen LogP contribution in [0.4, 0.5) is 15.4 Å². The number of unbranched alkanes of at least 4 members (excludes halogenated alkanes) is 1. The molecule has 0 aliphatic carbocycles. The Balaban J connectivity index is 2.82. The first-order chi connectivity index (χ1) is 14.7. The minimum atomic E-state index is -0.664. The first-order valence-corrected chi connectivity index (χ1v) is 11.2. The lowest BCUT2D eigenvalue weighted by Crippen LogP contribution is -2.43. The second-order valence-electron chi connectivity index (χ2n) is 9.79. The third-order valence-electron chi connectivity index (χ3n) is 4.44. The van der Waals surface area contributed by atoms with E-state index in [9.17, 15) is 14.4 Å². The van der Waals surface area contributed by atoms with Gasteiger partial charge in [-0.3, -0.25) is 9.69 Å². The monoisotopic (exact) mass is 449 g/mol. The molecule has 1 aromatic heterocycles. The zero-order valence-electron chi connectivity index (χ0n) is 20.8. The van der Waals surface area contributed by atoms with Crippen molar-refractivity contribution in [1.29, 1.82) is 0 Å². The number of nitrogens with one attached hydrogen (secondary N) is 1. The number of ketones is 1. The summed E-state index contributed by atoms with van der Waals surface area (Å²) in [6.45, 7) is 15.1. The summed E-state index contributed by atoms with van der Waals surface area (Å²) in [7, 11) is 0. The van der Waals surface area contributed by atoms with E-state index in [2.05, 4.69) is 10.3 Å². The maximum absolute atomic E-state index is 12.9. The lowest BCUT2D eigenvalue weighted by Gasteiger charge is -2.31. The largest absolute Gasteiger partial charge is 0.444 e. The molecule has 0 radical (unpaired) electrons. The summed E-state index contributed by atoms with van der Waals surface area (Å²) in [6, 6.07) is 3.18. The van der Waals surface area contributed by atoms with Crippen molar-refractivity contribution in [2.24, 2.45) is 0 Å². The third-order valence-corrected chi connectivity index (χ3v) is 4.44. The molecule has 1 rings (SSSR count). The van der Waals surface area contributed by atoms with Crippen LogP contribution >= 0.6 is 0 Å². The van der Waals surface area contributed by atoms with Gasteiger partial charge >= 0.3 is 12.2 Å². The van der Waals surface area contributed by atoms with E-state index >= 15 is 0 Å². The van der Waals surface area contributed by atoms with Crippen LogP contribution in [0.25, 0.3) is 0 Å². The number of Topliss-reactive ketones (excluding diaryl/α,β-unsaturated/α-hetero) is 1. The van der Waals surface area contributed by atoms with Gasteiger partial charge < -0.3 is 14.8 Å². The van der Waals surface area contributed by atoms with Crippen LogP contribution in [-0.4, -0.2) is 46.7 Å². The molecule has 1 heterocycles. The number of alkyl carbamates (subject to hydrolysis) is 1. The maximum Gasteiger partial charge on any atom is 0.416 e. The van der Waals surface area contributed by atoms with E-state index in [1.807, 2.05) is 13.8 Å². The van der Waals surface area contributed by atoms with Crippen LogP contribution in [0.15, 0.2) is 18.3 Å². The Kier molecular flexibility index (Phi) is 10.1. The molecule has 8 heteroatoms. The van der Waals surface area contributed by atoms with E-state index in [1.54, 1.807) is 59.9 Å². The highest BCUT2D eigenvalue weighted by Crippen LogP contribution is 2.25. The molecular formula is C24H39N3O5. The molecule has 32 heavy (non-hydrogen) atoms. The summed E-state index contributed by atoms with van der Waals surface area (Å²) in [4.78, 5) is 43.3. The molecule has 180 valence electrons. The molecule has 0 bridgehead atoms. The molecule has 2 amide bonds. The smallest absolute Gasteiger partial charge is 0.416 e. The molecule has 8 nitrogen and oxygen atoms in total. The van der Waals surface area contributed by atoms with Gasteiger partial charge in [-0.05, 0) is 79.9 Å². The average molecular weight is 450 g/mol. The molecule has 1 atom stereocenters. The van der Waals surface area contributed by atoms with Crippen molar-refractivity contribution in [3.05, 3.63) is 23.9 Å². The minimum Gasteiger partial charge on any atom is -0.444 e. The van der Waals surface area contributed by atoms with Crippen molar-refractivity contribution in [1.82, 2.24) is 10.3 Å². The Labute approximate surface area is 192 Å². The number of amides is 2. The number of aromatic nitrogens is 1. The average Bonchev–Trinajstić information content (AvgIpc) is 2.65. The Morgan fingerprint density at radius 3 is 2.25 bits per heavy atom. The first-order valence-electron chi connectivity index (χ1n) is 11.2. The summed E-state index contributed by atoms with van der Waals surface area (Å²) in [5, 5.41) is 2.69. The van der Waals surface area contributed by atoms with Gasteiger partial charge in [0.15, 0.2) is 5.78 Å². The quantitative estimate of drug-likeness (QED) is 0.395. The first kappa shape index (κ1) is 27.4. The topological polar surface area (TPSA) is 97.8 Å². The summed E-state index contributed by atoms with van der Waals surface area (Å²) in [5.74, 6) is 0.204. The van der Waals surface area contributed by atoms with Crippen molar-refractivity contribution in [2.45, 2.75) is 98.3 Å². The maximum atomic E-state index is 12.9. The highest BCUT2D eigenvalue weighted by Gasteiger charge is 2.30.